The van der Waals surface area contributed by atoms with Crippen molar-refractivity contribution in [3.8, 4) is 0 Å². The molecule has 1 aromatic carbocycles. The van der Waals surface area contributed by atoms with Crippen molar-refractivity contribution in [2.45, 2.75) is 41.5 Å². The molecule has 0 spiro atoms. The van der Waals surface area contributed by atoms with Gasteiger partial charge in [-0.05, 0) is 45.0 Å². The van der Waals surface area contributed by atoms with Gasteiger partial charge in [-0.1, -0.05) is 15.3 Å². The van der Waals surface area contributed by atoms with Crippen LogP contribution in [0.4, 0.5) is 10.1 Å². The molecule has 0 bridgehead atoms. The number of alkyl halides is 1. The number of sulfone groups is 1. The fraction of sp³-hybridized carbons (Fsp3) is 0.562. The van der Waals surface area contributed by atoms with Crippen molar-refractivity contribution in [1.29, 1.82) is 0 Å². The number of methoxy groups -OCH3 is 1. The summed E-state index contributed by atoms with van der Waals surface area (Å²) in [7, 11) is 0.895. The minimum absolute atomic E-state index is 0.0446. The fourth-order valence-corrected chi connectivity index (χ4v) is 4.52. The number of carbonyl (C=O) groups excluding carboxylic acids is 1. The van der Waals surface area contributed by atoms with Gasteiger partial charge in [-0.2, -0.15) is 0 Å². The van der Waals surface area contributed by atoms with E-state index in [1.165, 1.54) is 18.2 Å². The maximum Gasteiger partial charge on any atom is 0.229 e. The molecule has 0 saturated heterocycles. The molecule has 6 nitrogen and oxygen atoms in total. The van der Waals surface area contributed by atoms with Gasteiger partial charge in [0.05, 0.1) is 16.9 Å². The van der Waals surface area contributed by atoms with Crippen molar-refractivity contribution in [2.75, 3.05) is 19.5 Å². The molecule has 0 aromatic heterocycles. The Morgan fingerprint density at radius 3 is 2.64 bits per heavy atom. The molecule has 0 aliphatic heterocycles. The van der Waals surface area contributed by atoms with Crippen LogP contribution in [0.2, 0.25) is 0 Å². The summed E-state index contributed by atoms with van der Waals surface area (Å²) in [5.74, 6) is -0.509. The highest BCUT2D eigenvalue weighted by Gasteiger charge is 2.40. The third-order valence-corrected chi connectivity index (χ3v) is 7.36. The van der Waals surface area contributed by atoms with Gasteiger partial charge in [-0.3, -0.25) is 4.79 Å². The van der Waals surface area contributed by atoms with E-state index in [0.717, 1.165) is 13.3 Å². The lowest BCUT2D eigenvalue weighted by molar-refractivity contribution is -0.120. The van der Waals surface area contributed by atoms with Crippen molar-refractivity contribution in [3.05, 3.63) is 24.3 Å². The molecule has 140 valence electrons. The van der Waals surface area contributed by atoms with Crippen molar-refractivity contribution in [1.82, 2.24) is 5.32 Å². The number of halogens is 1. The molecular weight excluding hydrogens is 366 g/mol. The topological polar surface area (TPSA) is 84.5 Å². The second-order valence-corrected chi connectivity index (χ2v) is 10.1. The van der Waals surface area contributed by atoms with Gasteiger partial charge in [0, 0.05) is 18.8 Å². The van der Waals surface area contributed by atoms with E-state index in [0.29, 0.717) is 12.1 Å². The molecule has 5 atom stereocenters. The number of amides is 1. The molecule has 1 aromatic rings. The second kappa shape index (κ2) is 7.66. The van der Waals surface area contributed by atoms with Crippen molar-refractivity contribution in [3.63, 3.8) is 0 Å². The van der Waals surface area contributed by atoms with Crippen LogP contribution < -0.4 is 10.6 Å². The van der Waals surface area contributed by atoms with Gasteiger partial charge >= 0.3 is 0 Å². The van der Waals surface area contributed by atoms with Gasteiger partial charge in [0.25, 0.3) is 0 Å². The van der Waals surface area contributed by atoms with Crippen LogP contribution in [0.5, 0.6) is 0 Å². The van der Waals surface area contributed by atoms with Crippen LogP contribution in [-0.4, -0.2) is 45.4 Å². The Morgan fingerprint density at radius 1 is 1.40 bits per heavy atom. The number of carbonyl (C=O) groups is 1. The summed E-state index contributed by atoms with van der Waals surface area (Å²) in [5.41, 5.74) is 0.316. The average molecular weight is 390 g/mol. The minimum Gasteiger partial charge on any atom is -0.380 e. The van der Waals surface area contributed by atoms with Crippen LogP contribution in [0.25, 0.3) is 0 Å². The molecule has 1 saturated carbocycles. The Morgan fingerprint density at radius 2 is 2.08 bits per heavy atom. The number of hydrogen-bond donors (Lipinski definition) is 2. The van der Waals surface area contributed by atoms with Crippen LogP contribution in [0.15, 0.2) is 29.2 Å². The molecule has 1 fully saturated rings. The van der Waals surface area contributed by atoms with E-state index in [-0.39, 0.29) is 28.9 Å². The Labute approximate surface area is 150 Å². The summed E-state index contributed by atoms with van der Waals surface area (Å²) < 4.78 is 41.2. The third-order valence-electron chi connectivity index (χ3n) is 4.51. The summed E-state index contributed by atoms with van der Waals surface area (Å²) >= 11 is 0. The zero-order valence-corrected chi connectivity index (χ0v) is 16.4. The van der Waals surface area contributed by atoms with Crippen molar-refractivity contribution < 1.29 is 22.3 Å². The quantitative estimate of drug-likeness (QED) is 0.725. The standard InChI is InChI=1S/C16H24FN2O4PS/c1-16(17,24)25(21,22)11-6-4-5-10(9-11)19-15(20)12-7-8-13(23-3)14(12)18-2/h4-6,9,12-14,18H,7-8,24H2,1-3H3,(H,19,20)/t12-,13-,14-,16?/m0/s1. The molecule has 1 amide bonds. The van der Waals surface area contributed by atoms with E-state index in [9.17, 15) is 17.6 Å². The molecule has 1 aliphatic rings. The number of ether oxygens (including phenoxy) is 1. The molecule has 25 heavy (non-hydrogen) atoms. The molecule has 1 aliphatic carbocycles. The first-order valence-corrected chi connectivity index (χ1v) is 10.0. The van der Waals surface area contributed by atoms with E-state index in [2.05, 4.69) is 10.6 Å². The second-order valence-electron chi connectivity index (χ2n) is 6.28. The number of hydrogen-bond acceptors (Lipinski definition) is 5. The molecule has 0 radical (unpaired) electrons. The number of benzene rings is 1. The van der Waals surface area contributed by atoms with Gasteiger partial charge in [-0.15, -0.1) is 0 Å². The van der Waals surface area contributed by atoms with Crippen LogP contribution in [0.1, 0.15) is 19.8 Å². The largest absolute Gasteiger partial charge is 0.380 e. The smallest absolute Gasteiger partial charge is 0.229 e. The summed E-state index contributed by atoms with van der Waals surface area (Å²) in [5, 5.41) is 5.83. The molecule has 2 unspecified atom stereocenters. The fourth-order valence-electron chi connectivity index (χ4n) is 3.11. The molecule has 0 heterocycles. The van der Waals surface area contributed by atoms with Gasteiger partial charge in [-0.25, -0.2) is 12.8 Å². The van der Waals surface area contributed by atoms with E-state index in [1.54, 1.807) is 29.5 Å². The van der Waals surface area contributed by atoms with E-state index < -0.39 is 14.6 Å². The lowest BCUT2D eigenvalue weighted by atomic mass is 10.0. The molecular formula is C16H24FN2O4PS. The molecule has 2 N–H and O–H groups in total. The molecule has 9 heteroatoms. The lowest BCUT2D eigenvalue weighted by Gasteiger charge is -2.23. The summed E-state index contributed by atoms with van der Waals surface area (Å²) in [4.78, 5) is 12.4. The highest BCUT2D eigenvalue weighted by atomic mass is 32.2. The van der Waals surface area contributed by atoms with Gasteiger partial charge in [0.15, 0.2) is 0 Å². The highest BCUT2D eigenvalue weighted by Crippen LogP contribution is 2.34. The van der Waals surface area contributed by atoms with Crippen LogP contribution in [0, 0.1) is 5.92 Å². The Balaban J connectivity index is 2.19. The monoisotopic (exact) mass is 390 g/mol. The van der Waals surface area contributed by atoms with Crippen molar-refractivity contribution >= 4 is 30.7 Å². The van der Waals surface area contributed by atoms with Crippen LogP contribution in [0.3, 0.4) is 0 Å². The lowest BCUT2D eigenvalue weighted by Crippen LogP contribution is -2.43. The Hall–Kier alpha value is -1.08. The number of rotatable bonds is 6. The minimum atomic E-state index is -4.17. The number of anilines is 1. The predicted octanol–water partition coefficient (Wildman–Crippen LogP) is 1.93. The Bertz CT molecular complexity index is 736. The first-order chi connectivity index (χ1) is 11.6. The average Bonchev–Trinajstić information content (AvgIpc) is 2.97. The maximum atomic E-state index is 13.9. The first-order valence-electron chi connectivity index (χ1n) is 7.95. The summed E-state index contributed by atoms with van der Waals surface area (Å²) in [6.45, 7) is 0.958. The van der Waals surface area contributed by atoms with Crippen molar-refractivity contribution in [2.24, 2.45) is 5.92 Å². The summed E-state index contributed by atoms with van der Waals surface area (Å²) in [6, 6.07) is 5.51. The van der Waals surface area contributed by atoms with Crippen LogP contribution in [-0.2, 0) is 19.4 Å². The van der Waals surface area contributed by atoms with Gasteiger partial charge in [0.2, 0.25) is 20.5 Å². The van der Waals surface area contributed by atoms with E-state index >= 15 is 0 Å². The first kappa shape index (κ1) is 20.2. The normalized spacial score (nSPS) is 26.2. The third kappa shape index (κ3) is 4.19. The van der Waals surface area contributed by atoms with Crippen LogP contribution >= 0.6 is 9.24 Å². The van der Waals surface area contributed by atoms with E-state index in [4.69, 9.17) is 4.74 Å². The zero-order chi connectivity index (χ0) is 18.8. The Kier molecular flexibility index (Phi) is 6.20. The van der Waals surface area contributed by atoms with Gasteiger partial charge < -0.3 is 15.4 Å². The molecule has 2 rings (SSSR count). The number of likely N-dealkylation sites (N-methyl/N-ethyl adjacent to an activating group) is 1. The maximum absolute atomic E-state index is 13.9. The highest BCUT2D eigenvalue weighted by molar-refractivity contribution is 7.96. The van der Waals surface area contributed by atoms with E-state index in [1.807, 2.05) is 0 Å². The van der Waals surface area contributed by atoms with Gasteiger partial charge in [0.1, 0.15) is 0 Å². The summed E-state index contributed by atoms with van der Waals surface area (Å²) in [6.07, 6.45) is 1.39. The predicted molar refractivity (Wildman–Crippen MR) is 97.8 cm³/mol. The SMILES string of the molecule is CN[C@@H]1[C@@H](OC)CC[C@@H]1C(=O)Nc1cccc(S(=O)(=O)C(C)(F)P)c1. The number of nitrogens with one attached hydrogen (secondary N) is 2. The zero-order valence-electron chi connectivity index (χ0n) is 14.5.